The van der Waals surface area contributed by atoms with Crippen molar-refractivity contribution < 1.29 is 9.53 Å². The maximum absolute atomic E-state index is 12.7. The largest absolute Gasteiger partial charge is 0.497 e. The van der Waals surface area contributed by atoms with Gasteiger partial charge in [0.1, 0.15) is 5.75 Å². The summed E-state index contributed by atoms with van der Waals surface area (Å²) in [7, 11) is 1.56. The van der Waals surface area contributed by atoms with Gasteiger partial charge >= 0.3 is 0 Å². The van der Waals surface area contributed by atoms with Gasteiger partial charge in [-0.3, -0.25) is 14.2 Å². The number of hydrogen-bond acceptors (Lipinski definition) is 5. The van der Waals surface area contributed by atoms with Crippen LogP contribution in [0.1, 0.15) is 5.56 Å². The van der Waals surface area contributed by atoms with Crippen molar-refractivity contribution in [3.8, 4) is 11.4 Å². The molecule has 0 bridgehead atoms. The lowest BCUT2D eigenvalue weighted by molar-refractivity contribution is -0.113. The Morgan fingerprint density at radius 2 is 2.11 bits per heavy atom. The Hall–Kier alpha value is -2.77. The molecule has 0 radical (unpaired) electrons. The smallest absolute Gasteiger partial charge is 0.287 e. The molecule has 3 rings (SSSR count). The molecule has 0 aliphatic heterocycles. The third-order valence-electron chi connectivity index (χ3n) is 3.94. The van der Waals surface area contributed by atoms with Gasteiger partial charge in [-0.1, -0.05) is 35.5 Å². The van der Waals surface area contributed by atoms with Gasteiger partial charge in [0.05, 0.1) is 18.6 Å². The number of rotatable bonds is 6. The Morgan fingerprint density at radius 3 is 2.86 bits per heavy atom. The lowest BCUT2D eigenvalue weighted by Gasteiger charge is -2.09. The SMILES string of the molecule is COc1cccc(NC(=O)CSc2nccn(-c3ccc(C)c(Cl)c3)c2=O)c1. The van der Waals surface area contributed by atoms with Crippen LogP contribution in [0.2, 0.25) is 5.02 Å². The van der Waals surface area contributed by atoms with E-state index in [9.17, 15) is 9.59 Å². The highest BCUT2D eigenvalue weighted by atomic mass is 35.5. The van der Waals surface area contributed by atoms with Gasteiger partial charge in [-0.2, -0.15) is 0 Å². The molecule has 0 atom stereocenters. The second-order valence-corrected chi connectivity index (χ2v) is 7.28. The molecule has 3 aromatic rings. The number of ether oxygens (including phenoxy) is 1. The summed E-state index contributed by atoms with van der Waals surface area (Å²) in [6.45, 7) is 1.89. The van der Waals surface area contributed by atoms with E-state index in [4.69, 9.17) is 16.3 Å². The normalized spacial score (nSPS) is 10.5. The molecule has 6 nitrogen and oxygen atoms in total. The van der Waals surface area contributed by atoms with Crippen LogP contribution >= 0.6 is 23.4 Å². The summed E-state index contributed by atoms with van der Waals surface area (Å²) in [5, 5.41) is 3.59. The minimum absolute atomic E-state index is 0.0537. The lowest BCUT2D eigenvalue weighted by Crippen LogP contribution is -2.22. The quantitative estimate of drug-likeness (QED) is 0.617. The van der Waals surface area contributed by atoms with Gasteiger partial charge in [0.25, 0.3) is 5.56 Å². The van der Waals surface area contributed by atoms with Gasteiger partial charge in [0.2, 0.25) is 5.91 Å². The minimum Gasteiger partial charge on any atom is -0.497 e. The van der Waals surface area contributed by atoms with Crippen molar-refractivity contribution in [1.82, 2.24) is 9.55 Å². The van der Waals surface area contributed by atoms with Gasteiger partial charge in [-0.05, 0) is 36.8 Å². The second kappa shape index (κ2) is 8.95. The van der Waals surface area contributed by atoms with Crippen LogP contribution in [-0.2, 0) is 4.79 Å². The molecule has 0 saturated carbocycles. The fraction of sp³-hybridized carbons (Fsp3) is 0.150. The molecule has 0 spiro atoms. The first-order chi connectivity index (χ1) is 13.5. The highest BCUT2D eigenvalue weighted by molar-refractivity contribution is 7.99. The first kappa shape index (κ1) is 20.0. The zero-order valence-electron chi connectivity index (χ0n) is 15.3. The maximum Gasteiger partial charge on any atom is 0.287 e. The summed E-state index contributed by atoms with van der Waals surface area (Å²) < 4.78 is 6.59. The summed E-state index contributed by atoms with van der Waals surface area (Å²) in [5.74, 6) is 0.459. The highest BCUT2D eigenvalue weighted by Gasteiger charge is 2.11. The van der Waals surface area contributed by atoms with Crippen molar-refractivity contribution >= 4 is 35.0 Å². The summed E-state index contributed by atoms with van der Waals surface area (Å²) >= 11 is 7.24. The molecule has 0 aliphatic rings. The number of nitrogens with one attached hydrogen (secondary N) is 1. The van der Waals surface area contributed by atoms with Crippen LogP contribution in [-0.4, -0.2) is 28.3 Å². The first-order valence-electron chi connectivity index (χ1n) is 8.39. The fourth-order valence-electron chi connectivity index (χ4n) is 2.46. The van der Waals surface area contributed by atoms with E-state index in [1.165, 1.54) is 10.8 Å². The van der Waals surface area contributed by atoms with Crippen molar-refractivity contribution in [1.29, 1.82) is 0 Å². The number of aromatic nitrogens is 2. The van der Waals surface area contributed by atoms with E-state index in [1.54, 1.807) is 43.6 Å². The van der Waals surface area contributed by atoms with Crippen molar-refractivity contribution in [3.63, 3.8) is 0 Å². The Bertz CT molecular complexity index is 1070. The summed E-state index contributed by atoms with van der Waals surface area (Å²) in [6, 6.07) is 12.4. The number of aryl methyl sites for hydroxylation is 1. The molecular formula is C20H18ClN3O3S. The van der Waals surface area contributed by atoms with Gasteiger partial charge in [-0.15, -0.1) is 0 Å². The number of carbonyl (C=O) groups is 1. The number of halogens is 1. The van der Waals surface area contributed by atoms with Crippen molar-refractivity contribution in [2.75, 3.05) is 18.2 Å². The highest BCUT2D eigenvalue weighted by Crippen LogP contribution is 2.20. The Kier molecular flexibility index (Phi) is 6.38. The number of hydrogen-bond donors (Lipinski definition) is 1. The molecule has 8 heteroatoms. The zero-order valence-corrected chi connectivity index (χ0v) is 16.9. The summed E-state index contributed by atoms with van der Waals surface area (Å²) in [5.41, 5.74) is 1.89. The monoisotopic (exact) mass is 415 g/mol. The number of methoxy groups -OCH3 is 1. The predicted molar refractivity (Wildman–Crippen MR) is 112 cm³/mol. The van der Waals surface area contributed by atoms with Crippen LogP contribution in [0.4, 0.5) is 5.69 Å². The van der Waals surface area contributed by atoms with Crippen LogP contribution in [0.15, 0.2) is 64.7 Å². The second-order valence-electron chi connectivity index (χ2n) is 5.91. The van der Waals surface area contributed by atoms with Crippen molar-refractivity contribution in [2.24, 2.45) is 0 Å². The molecule has 1 amide bonds. The Balaban J connectivity index is 1.71. The molecule has 1 N–H and O–H groups in total. The third-order valence-corrected chi connectivity index (χ3v) is 5.30. The Labute approximate surface area is 171 Å². The number of amides is 1. The van der Waals surface area contributed by atoms with E-state index in [-0.39, 0.29) is 22.2 Å². The fourth-order valence-corrected chi connectivity index (χ4v) is 3.33. The van der Waals surface area contributed by atoms with E-state index < -0.39 is 0 Å². The summed E-state index contributed by atoms with van der Waals surface area (Å²) in [4.78, 5) is 29.0. The topological polar surface area (TPSA) is 73.2 Å². The van der Waals surface area contributed by atoms with E-state index in [1.807, 2.05) is 19.1 Å². The van der Waals surface area contributed by atoms with Crippen molar-refractivity contribution in [2.45, 2.75) is 11.9 Å². The van der Waals surface area contributed by atoms with Gasteiger partial charge in [-0.25, -0.2) is 4.98 Å². The Morgan fingerprint density at radius 1 is 1.29 bits per heavy atom. The molecule has 0 unspecified atom stereocenters. The number of thioether (sulfide) groups is 1. The van der Waals surface area contributed by atoms with Crippen LogP contribution < -0.4 is 15.6 Å². The molecule has 28 heavy (non-hydrogen) atoms. The molecule has 2 aromatic carbocycles. The molecule has 0 fully saturated rings. The van der Waals surface area contributed by atoms with Crippen LogP contribution in [0.5, 0.6) is 5.75 Å². The molecule has 1 aromatic heterocycles. The number of anilines is 1. The average molecular weight is 416 g/mol. The average Bonchev–Trinajstić information content (AvgIpc) is 2.69. The third kappa shape index (κ3) is 4.74. The molecule has 0 saturated heterocycles. The minimum atomic E-state index is -0.304. The number of benzene rings is 2. The molecule has 1 heterocycles. The van der Waals surface area contributed by atoms with E-state index in [2.05, 4.69) is 10.3 Å². The van der Waals surface area contributed by atoms with E-state index in [0.717, 1.165) is 17.3 Å². The lowest BCUT2D eigenvalue weighted by atomic mass is 10.2. The van der Waals surface area contributed by atoms with Crippen molar-refractivity contribution in [3.05, 3.63) is 75.8 Å². The molecular weight excluding hydrogens is 398 g/mol. The maximum atomic E-state index is 12.7. The first-order valence-corrected chi connectivity index (χ1v) is 9.75. The van der Waals surface area contributed by atoms with E-state index in [0.29, 0.717) is 22.1 Å². The van der Waals surface area contributed by atoms with Gasteiger partial charge < -0.3 is 10.1 Å². The summed E-state index contributed by atoms with van der Waals surface area (Å²) in [6.07, 6.45) is 3.10. The van der Waals surface area contributed by atoms with E-state index >= 15 is 0 Å². The predicted octanol–water partition coefficient (Wildman–Crippen LogP) is 3.93. The number of carbonyl (C=O) groups excluding carboxylic acids is 1. The van der Waals surface area contributed by atoms with Gasteiger partial charge in [0.15, 0.2) is 5.03 Å². The van der Waals surface area contributed by atoms with Crippen LogP contribution in [0, 0.1) is 6.92 Å². The van der Waals surface area contributed by atoms with Crippen LogP contribution in [0.25, 0.3) is 5.69 Å². The molecule has 0 aliphatic carbocycles. The molecule has 144 valence electrons. The van der Waals surface area contributed by atoms with Gasteiger partial charge in [0, 0.05) is 29.2 Å². The standard InChI is InChI=1S/C20H18ClN3O3S/c1-13-6-7-15(11-17(13)21)24-9-8-22-19(20(24)26)28-12-18(25)23-14-4-3-5-16(10-14)27-2/h3-11H,12H2,1-2H3,(H,23,25). The number of nitrogens with zero attached hydrogens (tertiary/aromatic N) is 2. The van der Waals surface area contributed by atoms with Crippen LogP contribution in [0.3, 0.4) is 0 Å². The zero-order chi connectivity index (χ0) is 20.1.